The minimum atomic E-state index is -3.37. The molecule has 2 fully saturated rings. The average molecular weight is 374 g/mol. The summed E-state index contributed by atoms with van der Waals surface area (Å²) in [6.07, 6.45) is 2.53. The van der Waals surface area contributed by atoms with Crippen molar-refractivity contribution >= 4 is 26.0 Å². The first kappa shape index (κ1) is 15.5. The number of rotatable bonds is 2. The molecule has 2 aliphatic heterocycles. The van der Waals surface area contributed by atoms with E-state index in [9.17, 15) is 8.42 Å². The van der Waals surface area contributed by atoms with Gasteiger partial charge in [0.2, 0.25) is 10.0 Å². The number of alkyl halides is 1. The van der Waals surface area contributed by atoms with Crippen molar-refractivity contribution < 1.29 is 13.2 Å². The van der Waals surface area contributed by atoms with E-state index >= 15 is 0 Å². The lowest BCUT2D eigenvalue weighted by Crippen LogP contribution is -2.46. The number of sulfonamides is 1. The average Bonchev–Trinajstić information content (AvgIpc) is 2.81. The summed E-state index contributed by atoms with van der Waals surface area (Å²) in [6, 6.07) is 7.06. The summed E-state index contributed by atoms with van der Waals surface area (Å²) in [5, 5.41) is 0. The van der Waals surface area contributed by atoms with E-state index in [0.29, 0.717) is 22.8 Å². The SMILES string of the molecule is Cc1ccc(S(=O)(=O)N2CCC3(CC2)C[C@@H](Br)CO3)cc1. The Labute approximate surface area is 134 Å². The van der Waals surface area contributed by atoms with Crippen LogP contribution < -0.4 is 0 Å². The molecule has 3 rings (SSSR count). The summed E-state index contributed by atoms with van der Waals surface area (Å²) in [7, 11) is -3.37. The highest BCUT2D eigenvalue weighted by atomic mass is 79.9. The molecule has 0 bridgehead atoms. The molecule has 0 amide bonds. The smallest absolute Gasteiger partial charge is 0.243 e. The van der Waals surface area contributed by atoms with Gasteiger partial charge in [0.05, 0.1) is 17.1 Å². The Morgan fingerprint density at radius 3 is 2.38 bits per heavy atom. The predicted octanol–water partition coefficient (Wildman–Crippen LogP) is 2.70. The van der Waals surface area contributed by atoms with Gasteiger partial charge in [0.25, 0.3) is 0 Å². The fraction of sp³-hybridized carbons (Fsp3) is 0.600. The van der Waals surface area contributed by atoms with E-state index in [0.717, 1.165) is 31.4 Å². The van der Waals surface area contributed by atoms with Crippen LogP contribution in [0.2, 0.25) is 0 Å². The Bertz CT molecular complexity index is 606. The van der Waals surface area contributed by atoms with Crippen LogP contribution >= 0.6 is 15.9 Å². The van der Waals surface area contributed by atoms with Crippen LogP contribution in [0.1, 0.15) is 24.8 Å². The molecule has 0 N–H and O–H groups in total. The second kappa shape index (κ2) is 5.65. The molecular weight excluding hydrogens is 354 g/mol. The van der Waals surface area contributed by atoms with E-state index in [1.807, 2.05) is 19.1 Å². The minimum absolute atomic E-state index is 0.118. The molecule has 1 atom stereocenters. The molecule has 2 aliphatic rings. The molecule has 0 unspecified atom stereocenters. The monoisotopic (exact) mass is 373 g/mol. The Morgan fingerprint density at radius 2 is 1.86 bits per heavy atom. The normalized spacial score (nSPS) is 26.3. The maximum absolute atomic E-state index is 12.6. The van der Waals surface area contributed by atoms with Crippen molar-refractivity contribution in [2.45, 2.75) is 41.5 Å². The third kappa shape index (κ3) is 3.04. The van der Waals surface area contributed by atoms with Gasteiger partial charge in [-0.3, -0.25) is 0 Å². The lowest BCUT2D eigenvalue weighted by Gasteiger charge is -2.37. The number of ether oxygens (including phenoxy) is 1. The molecule has 2 heterocycles. The van der Waals surface area contributed by atoms with Gasteiger partial charge in [0.15, 0.2) is 0 Å². The molecule has 1 aromatic rings. The van der Waals surface area contributed by atoms with E-state index in [-0.39, 0.29) is 5.60 Å². The topological polar surface area (TPSA) is 46.6 Å². The van der Waals surface area contributed by atoms with Gasteiger partial charge in [0, 0.05) is 17.9 Å². The Hall–Kier alpha value is -0.430. The maximum atomic E-state index is 12.6. The van der Waals surface area contributed by atoms with Crippen molar-refractivity contribution in [2.24, 2.45) is 0 Å². The molecule has 4 nitrogen and oxygen atoms in total. The summed E-state index contributed by atoms with van der Waals surface area (Å²) >= 11 is 3.59. The van der Waals surface area contributed by atoms with Crippen LogP contribution in [0.25, 0.3) is 0 Å². The van der Waals surface area contributed by atoms with Crippen molar-refractivity contribution in [1.82, 2.24) is 4.31 Å². The van der Waals surface area contributed by atoms with Crippen LogP contribution in [-0.2, 0) is 14.8 Å². The molecule has 21 heavy (non-hydrogen) atoms. The van der Waals surface area contributed by atoms with Crippen molar-refractivity contribution in [3.05, 3.63) is 29.8 Å². The fourth-order valence-electron chi connectivity index (χ4n) is 3.13. The largest absolute Gasteiger partial charge is 0.374 e. The van der Waals surface area contributed by atoms with E-state index in [1.54, 1.807) is 16.4 Å². The van der Waals surface area contributed by atoms with Gasteiger partial charge < -0.3 is 4.74 Å². The molecule has 0 aliphatic carbocycles. The van der Waals surface area contributed by atoms with E-state index in [2.05, 4.69) is 15.9 Å². The Kier molecular flexibility index (Phi) is 4.16. The molecule has 0 radical (unpaired) electrons. The summed E-state index contributed by atoms with van der Waals surface area (Å²) < 4.78 is 32.8. The molecule has 116 valence electrons. The molecule has 1 aromatic carbocycles. The van der Waals surface area contributed by atoms with Crippen molar-refractivity contribution in [3.63, 3.8) is 0 Å². The lowest BCUT2D eigenvalue weighted by atomic mass is 9.90. The summed E-state index contributed by atoms with van der Waals surface area (Å²) in [5.74, 6) is 0. The van der Waals surface area contributed by atoms with Crippen LogP contribution in [0.4, 0.5) is 0 Å². The zero-order valence-corrected chi connectivity index (χ0v) is 14.5. The number of halogens is 1. The quantitative estimate of drug-likeness (QED) is 0.748. The first-order valence-corrected chi connectivity index (χ1v) is 9.62. The number of hydrogen-bond donors (Lipinski definition) is 0. The van der Waals surface area contributed by atoms with Gasteiger partial charge in [-0.2, -0.15) is 4.31 Å². The van der Waals surface area contributed by atoms with Gasteiger partial charge in [-0.1, -0.05) is 33.6 Å². The number of nitrogens with zero attached hydrogens (tertiary/aromatic N) is 1. The third-order valence-corrected chi connectivity index (χ3v) is 6.96. The van der Waals surface area contributed by atoms with Gasteiger partial charge in [-0.15, -0.1) is 0 Å². The minimum Gasteiger partial charge on any atom is -0.374 e. The highest BCUT2D eigenvalue weighted by molar-refractivity contribution is 9.09. The van der Waals surface area contributed by atoms with Crippen molar-refractivity contribution in [3.8, 4) is 0 Å². The summed E-state index contributed by atoms with van der Waals surface area (Å²) in [4.78, 5) is 0.785. The first-order valence-electron chi connectivity index (χ1n) is 7.26. The van der Waals surface area contributed by atoms with E-state index < -0.39 is 10.0 Å². The molecule has 6 heteroatoms. The molecule has 0 aromatic heterocycles. The Morgan fingerprint density at radius 1 is 1.24 bits per heavy atom. The van der Waals surface area contributed by atoms with Gasteiger partial charge >= 0.3 is 0 Å². The summed E-state index contributed by atoms with van der Waals surface area (Å²) in [5.41, 5.74) is 0.947. The third-order valence-electron chi connectivity index (χ3n) is 4.46. The predicted molar refractivity (Wildman–Crippen MR) is 85.2 cm³/mol. The number of piperidine rings is 1. The molecule has 0 saturated carbocycles. The van der Waals surface area contributed by atoms with Crippen LogP contribution in [0.5, 0.6) is 0 Å². The number of benzene rings is 1. The van der Waals surface area contributed by atoms with E-state index in [1.165, 1.54) is 0 Å². The maximum Gasteiger partial charge on any atom is 0.243 e. The van der Waals surface area contributed by atoms with Gasteiger partial charge in [-0.25, -0.2) is 8.42 Å². The summed E-state index contributed by atoms with van der Waals surface area (Å²) in [6.45, 7) is 3.76. The highest BCUT2D eigenvalue weighted by Crippen LogP contribution is 2.39. The van der Waals surface area contributed by atoms with Crippen molar-refractivity contribution in [2.75, 3.05) is 19.7 Å². The second-order valence-corrected chi connectivity index (χ2v) is 9.25. The number of hydrogen-bond acceptors (Lipinski definition) is 3. The second-order valence-electron chi connectivity index (χ2n) is 6.01. The molecule has 2 saturated heterocycles. The van der Waals surface area contributed by atoms with Crippen LogP contribution in [0.15, 0.2) is 29.2 Å². The zero-order chi connectivity index (χ0) is 15.1. The molecular formula is C15H20BrNO3S. The zero-order valence-electron chi connectivity index (χ0n) is 12.1. The first-order chi connectivity index (χ1) is 9.91. The van der Waals surface area contributed by atoms with Gasteiger partial charge in [-0.05, 0) is 38.3 Å². The van der Waals surface area contributed by atoms with Crippen molar-refractivity contribution in [1.29, 1.82) is 0 Å². The van der Waals surface area contributed by atoms with Gasteiger partial charge in [0.1, 0.15) is 0 Å². The Balaban J connectivity index is 1.73. The lowest BCUT2D eigenvalue weighted by molar-refractivity contribution is -0.0308. The molecule has 1 spiro atoms. The van der Waals surface area contributed by atoms with Crippen LogP contribution in [0.3, 0.4) is 0 Å². The number of aryl methyl sites for hydroxylation is 1. The van der Waals surface area contributed by atoms with Crippen LogP contribution in [-0.4, -0.2) is 42.8 Å². The van der Waals surface area contributed by atoms with Crippen LogP contribution in [0, 0.1) is 6.92 Å². The standard InChI is InChI=1S/C15H20BrNO3S/c1-12-2-4-14(5-3-12)21(18,19)17-8-6-15(7-9-17)10-13(16)11-20-15/h2-5,13H,6-11H2,1H3/t13-/m1/s1. The van der Waals surface area contributed by atoms with E-state index in [4.69, 9.17) is 4.74 Å². The highest BCUT2D eigenvalue weighted by Gasteiger charge is 2.44. The fourth-order valence-corrected chi connectivity index (χ4v) is 5.29.